The van der Waals surface area contributed by atoms with Gasteiger partial charge in [0.15, 0.2) is 0 Å². The Morgan fingerprint density at radius 2 is 2.20 bits per heavy atom. The van der Waals surface area contributed by atoms with Crippen LogP contribution in [-0.4, -0.2) is 13.1 Å². The van der Waals surface area contributed by atoms with E-state index >= 15 is 0 Å². The van der Waals surface area contributed by atoms with Crippen molar-refractivity contribution in [2.45, 2.75) is 45.1 Å². The van der Waals surface area contributed by atoms with E-state index in [4.69, 9.17) is 0 Å². The SMILES string of the molecule is CCC(CC1CCC1)NC. The molecule has 60 valence electrons. The van der Waals surface area contributed by atoms with Gasteiger partial charge in [-0.15, -0.1) is 0 Å². The van der Waals surface area contributed by atoms with Crippen molar-refractivity contribution in [3.8, 4) is 0 Å². The summed E-state index contributed by atoms with van der Waals surface area (Å²) in [6.45, 7) is 2.26. The molecule has 1 unspecified atom stereocenters. The lowest BCUT2D eigenvalue weighted by molar-refractivity contribution is 0.262. The van der Waals surface area contributed by atoms with E-state index in [9.17, 15) is 0 Å². The van der Waals surface area contributed by atoms with E-state index in [1.54, 1.807) is 0 Å². The Morgan fingerprint density at radius 3 is 2.50 bits per heavy atom. The lowest BCUT2D eigenvalue weighted by atomic mass is 9.80. The van der Waals surface area contributed by atoms with Crippen molar-refractivity contribution in [2.24, 2.45) is 5.92 Å². The molecular weight excluding hydrogens is 122 g/mol. The van der Waals surface area contributed by atoms with Gasteiger partial charge in [0.25, 0.3) is 0 Å². The van der Waals surface area contributed by atoms with Gasteiger partial charge in [-0.05, 0) is 25.8 Å². The summed E-state index contributed by atoms with van der Waals surface area (Å²) in [6, 6.07) is 0.783. The highest BCUT2D eigenvalue weighted by atomic mass is 14.9. The van der Waals surface area contributed by atoms with Crippen LogP contribution in [0.25, 0.3) is 0 Å². The smallest absolute Gasteiger partial charge is 0.00640 e. The summed E-state index contributed by atoms with van der Waals surface area (Å²) in [5, 5.41) is 3.35. The third kappa shape index (κ3) is 1.98. The number of hydrogen-bond donors (Lipinski definition) is 1. The summed E-state index contributed by atoms with van der Waals surface area (Å²) in [5.41, 5.74) is 0. The van der Waals surface area contributed by atoms with Crippen LogP contribution >= 0.6 is 0 Å². The van der Waals surface area contributed by atoms with E-state index in [-0.39, 0.29) is 0 Å². The van der Waals surface area contributed by atoms with Crippen LogP contribution in [0.5, 0.6) is 0 Å². The van der Waals surface area contributed by atoms with Crippen molar-refractivity contribution in [1.29, 1.82) is 0 Å². The molecule has 1 nitrogen and oxygen atoms in total. The van der Waals surface area contributed by atoms with E-state index in [0.29, 0.717) is 0 Å². The van der Waals surface area contributed by atoms with Gasteiger partial charge in [-0.1, -0.05) is 26.2 Å². The predicted molar refractivity (Wildman–Crippen MR) is 45.1 cm³/mol. The second kappa shape index (κ2) is 3.97. The highest BCUT2D eigenvalue weighted by Gasteiger charge is 2.19. The van der Waals surface area contributed by atoms with Gasteiger partial charge in [0.2, 0.25) is 0 Å². The molecule has 0 aromatic rings. The highest BCUT2D eigenvalue weighted by molar-refractivity contribution is 4.75. The second-order valence-electron chi connectivity index (χ2n) is 3.43. The fourth-order valence-electron chi connectivity index (χ4n) is 1.62. The van der Waals surface area contributed by atoms with Gasteiger partial charge in [-0.25, -0.2) is 0 Å². The minimum atomic E-state index is 0.783. The molecule has 1 fully saturated rings. The number of nitrogens with one attached hydrogen (secondary N) is 1. The van der Waals surface area contributed by atoms with E-state index in [2.05, 4.69) is 19.3 Å². The zero-order valence-corrected chi connectivity index (χ0v) is 7.19. The molecule has 0 aliphatic heterocycles. The molecule has 1 atom stereocenters. The molecule has 1 N–H and O–H groups in total. The summed E-state index contributed by atoms with van der Waals surface area (Å²) in [6.07, 6.45) is 7.14. The lowest BCUT2D eigenvalue weighted by Gasteiger charge is -2.28. The van der Waals surface area contributed by atoms with Gasteiger partial charge >= 0.3 is 0 Å². The average Bonchev–Trinajstić information content (AvgIpc) is 1.87. The summed E-state index contributed by atoms with van der Waals surface area (Å²) >= 11 is 0. The molecule has 1 heteroatoms. The van der Waals surface area contributed by atoms with Gasteiger partial charge in [-0.3, -0.25) is 0 Å². The Balaban J connectivity index is 2.08. The first-order valence-corrected chi connectivity index (χ1v) is 4.54. The molecule has 0 amide bonds. The Bertz CT molecular complexity index is 82.7. The fourth-order valence-corrected chi connectivity index (χ4v) is 1.62. The lowest BCUT2D eigenvalue weighted by Crippen LogP contribution is -2.29. The van der Waals surface area contributed by atoms with E-state index < -0.39 is 0 Å². The van der Waals surface area contributed by atoms with Gasteiger partial charge in [0.05, 0.1) is 0 Å². The predicted octanol–water partition coefficient (Wildman–Crippen LogP) is 2.17. The van der Waals surface area contributed by atoms with Crippen LogP contribution < -0.4 is 5.32 Å². The molecule has 0 bridgehead atoms. The van der Waals surface area contributed by atoms with Crippen molar-refractivity contribution in [1.82, 2.24) is 5.32 Å². The summed E-state index contributed by atoms with van der Waals surface area (Å²) in [7, 11) is 2.08. The first-order chi connectivity index (χ1) is 4.86. The van der Waals surface area contributed by atoms with Crippen molar-refractivity contribution in [2.75, 3.05) is 7.05 Å². The number of hydrogen-bond acceptors (Lipinski definition) is 1. The van der Waals surface area contributed by atoms with E-state index in [1.807, 2.05) is 0 Å². The van der Waals surface area contributed by atoms with Crippen LogP contribution in [0.2, 0.25) is 0 Å². The maximum Gasteiger partial charge on any atom is 0.00640 e. The maximum atomic E-state index is 3.35. The second-order valence-corrected chi connectivity index (χ2v) is 3.43. The van der Waals surface area contributed by atoms with Gasteiger partial charge in [-0.2, -0.15) is 0 Å². The molecule has 0 heterocycles. The molecule has 1 saturated carbocycles. The third-order valence-electron chi connectivity index (χ3n) is 2.74. The first-order valence-electron chi connectivity index (χ1n) is 4.54. The van der Waals surface area contributed by atoms with Crippen LogP contribution in [0.1, 0.15) is 39.0 Å². The topological polar surface area (TPSA) is 12.0 Å². The van der Waals surface area contributed by atoms with E-state index in [0.717, 1.165) is 12.0 Å². The monoisotopic (exact) mass is 141 g/mol. The van der Waals surface area contributed by atoms with Crippen molar-refractivity contribution in [3.63, 3.8) is 0 Å². The zero-order chi connectivity index (χ0) is 7.40. The van der Waals surface area contributed by atoms with Gasteiger partial charge in [0, 0.05) is 6.04 Å². The summed E-state index contributed by atoms with van der Waals surface area (Å²) < 4.78 is 0. The molecule has 0 radical (unpaired) electrons. The molecule has 1 rings (SSSR count). The normalized spacial score (nSPS) is 22.2. The molecule has 0 saturated heterocycles. The Kier molecular flexibility index (Phi) is 3.20. The van der Waals surface area contributed by atoms with Crippen molar-refractivity contribution >= 4 is 0 Å². The molecule has 1 aliphatic rings. The average molecular weight is 141 g/mol. The zero-order valence-electron chi connectivity index (χ0n) is 7.19. The molecule has 0 spiro atoms. The number of rotatable bonds is 4. The van der Waals surface area contributed by atoms with Crippen LogP contribution in [-0.2, 0) is 0 Å². The van der Waals surface area contributed by atoms with Crippen molar-refractivity contribution in [3.05, 3.63) is 0 Å². The quantitative estimate of drug-likeness (QED) is 0.632. The summed E-state index contributed by atoms with van der Waals surface area (Å²) in [5.74, 6) is 1.05. The molecule has 1 aliphatic carbocycles. The Labute approximate surface area is 64.2 Å². The first kappa shape index (κ1) is 8.06. The van der Waals surface area contributed by atoms with Crippen LogP contribution in [0.3, 0.4) is 0 Å². The van der Waals surface area contributed by atoms with E-state index in [1.165, 1.54) is 32.1 Å². The van der Waals surface area contributed by atoms with Crippen LogP contribution in [0.4, 0.5) is 0 Å². The standard InChI is InChI=1S/C9H19N/c1-3-9(10-2)7-8-5-4-6-8/h8-10H,3-7H2,1-2H3. The Morgan fingerprint density at radius 1 is 1.50 bits per heavy atom. The molecular formula is C9H19N. The van der Waals surface area contributed by atoms with Gasteiger partial charge < -0.3 is 5.32 Å². The van der Waals surface area contributed by atoms with Crippen LogP contribution in [0.15, 0.2) is 0 Å². The highest BCUT2D eigenvalue weighted by Crippen LogP contribution is 2.30. The third-order valence-corrected chi connectivity index (χ3v) is 2.74. The largest absolute Gasteiger partial charge is 0.317 e. The maximum absolute atomic E-state index is 3.35. The molecule has 0 aromatic heterocycles. The Hall–Kier alpha value is -0.0400. The van der Waals surface area contributed by atoms with Crippen LogP contribution in [0, 0.1) is 5.92 Å². The van der Waals surface area contributed by atoms with Crippen molar-refractivity contribution < 1.29 is 0 Å². The van der Waals surface area contributed by atoms with Gasteiger partial charge in [0.1, 0.15) is 0 Å². The summed E-state index contributed by atoms with van der Waals surface area (Å²) in [4.78, 5) is 0. The fraction of sp³-hybridized carbons (Fsp3) is 1.00. The minimum absolute atomic E-state index is 0.783. The minimum Gasteiger partial charge on any atom is -0.317 e. The molecule has 0 aromatic carbocycles. The molecule has 10 heavy (non-hydrogen) atoms.